The topological polar surface area (TPSA) is 82.1 Å². The number of amides is 2. The highest BCUT2D eigenvalue weighted by molar-refractivity contribution is 5.98. The summed E-state index contributed by atoms with van der Waals surface area (Å²) in [6.45, 7) is 2.26. The van der Waals surface area contributed by atoms with E-state index in [-0.39, 0.29) is 36.6 Å². The highest BCUT2D eigenvalue weighted by atomic mass is 16.5. The number of nitrogens with one attached hydrogen (secondary N) is 1. The van der Waals surface area contributed by atoms with Gasteiger partial charge in [0.25, 0.3) is 11.8 Å². The minimum Gasteiger partial charge on any atom is -0.393 e. The van der Waals surface area contributed by atoms with Crippen molar-refractivity contribution in [2.75, 3.05) is 31.7 Å². The Morgan fingerprint density at radius 1 is 1.09 bits per heavy atom. The number of carbonyl (C=O) groups excluding carboxylic acids is 2. The summed E-state index contributed by atoms with van der Waals surface area (Å²) >= 11 is 0. The Bertz CT molecular complexity index is 800. The van der Waals surface area contributed by atoms with E-state index in [9.17, 15) is 14.7 Å². The molecule has 0 radical (unpaired) electrons. The van der Waals surface area contributed by atoms with Crippen molar-refractivity contribution in [3.63, 3.8) is 0 Å². The van der Waals surface area contributed by atoms with Gasteiger partial charge in [0.05, 0.1) is 6.10 Å². The molecule has 0 aromatic heterocycles. The summed E-state index contributed by atoms with van der Waals surface area (Å²) in [6.07, 6.45) is 8.57. The monoisotopic (exact) mass is 443 g/mol. The molecule has 0 aliphatic carbocycles. The first-order valence-electron chi connectivity index (χ1n) is 12.2. The van der Waals surface area contributed by atoms with Crippen LogP contribution in [0.3, 0.4) is 0 Å². The van der Waals surface area contributed by atoms with Crippen LogP contribution in [-0.4, -0.2) is 66.8 Å². The predicted octanol–water partition coefficient (Wildman–Crippen LogP) is 2.85. The molecule has 0 spiro atoms. The standard InChI is InChI=1S/C25H37N3O4/c1-32-17-24(30)27-12-6-4-2-3-5-11-26-16-19-13-18(7-10-23(19)27)25(31)28-20-8-9-21(28)15-22(29)14-20/h7,10,13,20-22,26,29H,2-6,8-9,11-12,14-17H2,1H3. The number of benzene rings is 1. The highest BCUT2D eigenvalue weighted by Gasteiger charge is 2.43. The van der Waals surface area contributed by atoms with Crippen molar-refractivity contribution in [3.8, 4) is 0 Å². The van der Waals surface area contributed by atoms with Crippen molar-refractivity contribution >= 4 is 17.5 Å². The third-order valence-electron chi connectivity index (χ3n) is 7.18. The van der Waals surface area contributed by atoms with E-state index in [0.717, 1.165) is 49.9 Å². The molecular weight excluding hydrogens is 406 g/mol. The average molecular weight is 444 g/mol. The van der Waals surface area contributed by atoms with Crippen molar-refractivity contribution in [1.82, 2.24) is 10.2 Å². The number of ether oxygens (including phenoxy) is 1. The van der Waals surface area contributed by atoms with Gasteiger partial charge in [0, 0.05) is 43.5 Å². The number of hydrogen-bond acceptors (Lipinski definition) is 5. The number of hydrogen-bond donors (Lipinski definition) is 2. The Balaban J connectivity index is 1.62. The second-order valence-corrected chi connectivity index (χ2v) is 9.49. The lowest BCUT2D eigenvalue weighted by molar-refractivity contribution is -0.122. The molecule has 0 saturated carbocycles. The van der Waals surface area contributed by atoms with Gasteiger partial charge in [-0.2, -0.15) is 0 Å². The number of carbonyl (C=O) groups is 2. The van der Waals surface area contributed by atoms with Gasteiger partial charge in [0.2, 0.25) is 0 Å². The lowest BCUT2D eigenvalue weighted by Crippen LogP contribution is -2.48. The van der Waals surface area contributed by atoms with E-state index in [1.165, 1.54) is 12.8 Å². The highest BCUT2D eigenvalue weighted by Crippen LogP contribution is 2.37. The van der Waals surface area contributed by atoms with Gasteiger partial charge in [-0.15, -0.1) is 0 Å². The molecule has 176 valence electrons. The van der Waals surface area contributed by atoms with Gasteiger partial charge in [-0.05, 0) is 68.8 Å². The Morgan fingerprint density at radius 3 is 2.56 bits per heavy atom. The zero-order valence-corrected chi connectivity index (χ0v) is 19.2. The van der Waals surface area contributed by atoms with Crippen LogP contribution in [0.5, 0.6) is 0 Å². The SMILES string of the molecule is COCC(=O)N1CCCCCCCNCc2cc(C(=O)N3C4CCC3CC(O)C4)ccc21. The van der Waals surface area contributed by atoms with E-state index in [0.29, 0.717) is 31.5 Å². The molecule has 2 atom stereocenters. The molecule has 2 N–H and O–H groups in total. The van der Waals surface area contributed by atoms with E-state index in [2.05, 4.69) is 5.32 Å². The van der Waals surface area contributed by atoms with Crippen LogP contribution in [0.25, 0.3) is 0 Å². The van der Waals surface area contributed by atoms with Crippen molar-refractivity contribution < 1.29 is 19.4 Å². The Hall–Kier alpha value is -1.96. The van der Waals surface area contributed by atoms with Crippen LogP contribution in [0, 0.1) is 0 Å². The number of piperidine rings is 1. The van der Waals surface area contributed by atoms with E-state index < -0.39 is 0 Å². The fourth-order valence-electron chi connectivity index (χ4n) is 5.61. The molecule has 2 saturated heterocycles. The number of aliphatic hydroxyl groups is 1. The van der Waals surface area contributed by atoms with Crippen molar-refractivity contribution in [3.05, 3.63) is 29.3 Å². The summed E-state index contributed by atoms with van der Waals surface area (Å²) in [7, 11) is 1.54. The van der Waals surface area contributed by atoms with Gasteiger partial charge < -0.3 is 25.0 Å². The summed E-state index contributed by atoms with van der Waals surface area (Å²) in [6, 6.07) is 6.04. The Kier molecular flexibility index (Phi) is 7.81. The van der Waals surface area contributed by atoms with Crippen molar-refractivity contribution in [1.29, 1.82) is 0 Å². The van der Waals surface area contributed by atoms with Crippen molar-refractivity contribution in [2.45, 2.75) is 82.5 Å². The largest absolute Gasteiger partial charge is 0.393 e. The van der Waals surface area contributed by atoms with Gasteiger partial charge in [0.1, 0.15) is 6.61 Å². The van der Waals surface area contributed by atoms with E-state index >= 15 is 0 Å². The second kappa shape index (κ2) is 10.8. The van der Waals surface area contributed by atoms with Crippen LogP contribution < -0.4 is 10.2 Å². The zero-order valence-electron chi connectivity index (χ0n) is 19.2. The van der Waals surface area contributed by atoms with E-state index in [4.69, 9.17) is 4.74 Å². The molecule has 1 aromatic rings. The van der Waals surface area contributed by atoms with Crippen LogP contribution in [0.15, 0.2) is 18.2 Å². The molecule has 2 bridgehead atoms. The third kappa shape index (κ3) is 5.16. The first-order chi connectivity index (χ1) is 15.6. The normalized spacial score (nSPS) is 26.8. The van der Waals surface area contributed by atoms with E-state index in [1.807, 2.05) is 28.0 Å². The van der Waals surface area contributed by atoms with Gasteiger partial charge >= 0.3 is 0 Å². The first-order valence-corrected chi connectivity index (χ1v) is 12.2. The molecule has 32 heavy (non-hydrogen) atoms. The van der Waals surface area contributed by atoms with Crippen LogP contribution in [-0.2, 0) is 16.1 Å². The minimum atomic E-state index is -0.294. The number of methoxy groups -OCH3 is 1. The maximum absolute atomic E-state index is 13.5. The fraction of sp³-hybridized carbons (Fsp3) is 0.680. The van der Waals surface area contributed by atoms with Crippen LogP contribution in [0.2, 0.25) is 0 Å². The summed E-state index contributed by atoms with van der Waals surface area (Å²) in [4.78, 5) is 30.2. The molecule has 7 nitrogen and oxygen atoms in total. The minimum absolute atomic E-state index is 0.0482. The summed E-state index contributed by atoms with van der Waals surface area (Å²) in [5, 5.41) is 13.6. The quantitative estimate of drug-likeness (QED) is 0.751. The Morgan fingerprint density at radius 2 is 1.81 bits per heavy atom. The Labute approximate surface area is 191 Å². The number of aliphatic hydroxyl groups excluding tert-OH is 1. The molecule has 2 fully saturated rings. The molecule has 7 heteroatoms. The maximum Gasteiger partial charge on any atom is 0.254 e. The maximum atomic E-state index is 13.5. The van der Waals surface area contributed by atoms with Gasteiger partial charge in [-0.3, -0.25) is 9.59 Å². The number of anilines is 1. The smallest absolute Gasteiger partial charge is 0.254 e. The van der Waals surface area contributed by atoms with Gasteiger partial charge in [-0.25, -0.2) is 0 Å². The number of nitrogens with zero attached hydrogens (tertiary/aromatic N) is 2. The second-order valence-electron chi connectivity index (χ2n) is 9.49. The third-order valence-corrected chi connectivity index (χ3v) is 7.18. The molecule has 1 aromatic carbocycles. The first kappa shape index (κ1) is 23.2. The molecule has 3 aliphatic rings. The van der Waals surface area contributed by atoms with Crippen LogP contribution in [0.4, 0.5) is 5.69 Å². The number of rotatable bonds is 3. The van der Waals surface area contributed by atoms with Gasteiger partial charge in [-0.1, -0.05) is 19.3 Å². The molecule has 3 aliphatic heterocycles. The lowest BCUT2D eigenvalue weighted by atomic mass is 9.98. The molecular formula is C25H37N3O4. The number of fused-ring (bicyclic) bond motifs is 3. The van der Waals surface area contributed by atoms with Gasteiger partial charge in [0.15, 0.2) is 0 Å². The molecule has 2 amide bonds. The average Bonchev–Trinajstić information content (AvgIpc) is 3.04. The summed E-state index contributed by atoms with van der Waals surface area (Å²) in [5.41, 5.74) is 2.52. The summed E-state index contributed by atoms with van der Waals surface area (Å²) < 4.78 is 5.14. The summed E-state index contributed by atoms with van der Waals surface area (Å²) in [5.74, 6) is 0.000956. The van der Waals surface area contributed by atoms with E-state index in [1.54, 1.807) is 7.11 Å². The zero-order chi connectivity index (χ0) is 22.5. The molecule has 2 unspecified atom stereocenters. The molecule has 4 rings (SSSR count). The lowest BCUT2D eigenvalue weighted by Gasteiger charge is -2.37. The fourth-order valence-corrected chi connectivity index (χ4v) is 5.61. The predicted molar refractivity (Wildman–Crippen MR) is 124 cm³/mol. The van der Waals surface area contributed by atoms with Crippen LogP contribution in [0.1, 0.15) is 73.7 Å². The molecule has 3 heterocycles. The van der Waals surface area contributed by atoms with Crippen LogP contribution >= 0.6 is 0 Å². The van der Waals surface area contributed by atoms with Crippen molar-refractivity contribution in [2.24, 2.45) is 0 Å².